The first-order valence-corrected chi connectivity index (χ1v) is 6.21. The van der Waals surface area contributed by atoms with Crippen molar-refractivity contribution in [1.29, 1.82) is 5.41 Å². The van der Waals surface area contributed by atoms with E-state index < -0.39 is 0 Å². The summed E-state index contributed by atoms with van der Waals surface area (Å²) in [6, 6.07) is 0. The van der Waals surface area contributed by atoms with E-state index in [0.717, 1.165) is 32.0 Å². The molecule has 0 unspecified atom stereocenters. The Morgan fingerprint density at radius 3 is 1.62 bits per heavy atom. The van der Waals surface area contributed by atoms with Crippen LogP contribution in [0.15, 0.2) is 0 Å². The molecule has 1 rings (SSSR count). The molecule has 0 bridgehead atoms. The van der Waals surface area contributed by atoms with Gasteiger partial charge in [-0.2, -0.15) is 0 Å². The van der Waals surface area contributed by atoms with Gasteiger partial charge in [0, 0.05) is 37.1 Å². The van der Waals surface area contributed by atoms with Crippen molar-refractivity contribution >= 4 is 5.84 Å². The molecule has 94 valence electrons. The van der Waals surface area contributed by atoms with Gasteiger partial charge in [0.1, 0.15) is 5.84 Å². The van der Waals surface area contributed by atoms with E-state index in [9.17, 15) is 0 Å². The van der Waals surface area contributed by atoms with Crippen LogP contribution < -0.4 is 0 Å². The SMILES string of the molecule is CC(C)(C)C(=N)N1CCN(C(C)(C)C)CC1. The van der Waals surface area contributed by atoms with Crippen molar-refractivity contribution in [3.05, 3.63) is 0 Å². The maximum atomic E-state index is 8.16. The third-order valence-electron chi connectivity index (χ3n) is 3.25. The van der Waals surface area contributed by atoms with Crippen LogP contribution in [0, 0.1) is 10.8 Å². The molecule has 0 aliphatic carbocycles. The first kappa shape index (κ1) is 13.5. The smallest absolute Gasteiger partial charge is 0.101 e. The lowest BCUT2D eigenvalue weighted by Gasteiger charge is -2.44. The molecule has 1 saturated heterocycles. The van der Waals surface area contributed by atoms with Gasteiger partial charge < -0.3 is 4.90 Å². The molecule has 1 aliphatic rings. The van der Waals surface area contributed by atoms with Gasteiger partial charge in [-0.1, -0.05) is 20.8 Å². The molecule has 1 N–H and O–H groups in total. The van der Waals surface area contributed by atoms with Crippen molar-refractivity contribution in [3.8, 4) is 0 Å². The molecule has 1 fully saturated rings. The van der Waals surface area contributed by atoms with E-state index in [2.05, 4.69) is 51.3 Å². The van der Waals surface area contributed by atoms with Crippen LogP contribution in [-0.4, -0.2) is 47.4 Å². The van der Waals surface area contributed by atoms with Crippen LogP contribution in [0.4, 0.5) is 0 Å². The minimum Gasteiger partial charge on any atom is -0.358 e. The summed E-state index contributed by atoms with van der Waals surface area (Å²) >= 11 is 0. The van der Waals surface area contributed by atoms with Gasteiger partial charge in [-0.3, -0.25) is 10.3 Å². The highest BCUT2D eigenvalue weighted by atomic mass is 15.3. The molecule has 1 aliphatic heterocycles. The van der Waals surface area contributed by atoms with Gasteiger partial charge in [0.15, 0.2) is 0 Å². The highest BCUT2D eigenvalue weighted by molar-refractivity contribution is 5.84. The van der Waals surface area contributed by atoms with E-state index in [1.807, 2.05) is 0 Å². The van der Waals surface area contributed by atoms with Crippen molar-refractivity contribution in [1.82, 2.24) is 9.80 Å². The van der Waals surface area contributed by atoms with Crippen molar-refractivity contribution < 1.29 is 0 Å². The Bertz CT molecular complexity index is 249. The minimum atomic E-state index is -0.0239. The van der Waals surface area contributed by atoms with Crippen LogP contribution in [0.1, 0.15) is 41.5 Å². The molecule has 3 nitrogen and oxygen atoms in total. The Labute approximate surface area is 100 Å². The van der Waals surface area contributed by atoms with E-state index in [1.165, 1.54) is 0 Å². The van der Waals surface area contributed by atoms with Crippen LogP contribution in [0.2, 0.25) is 0 Å². The van der Waals surface area contributed by atoms with Gasteiger partial charge in [-0.05, 0) is 20.8 Å². The summed E-state index contributed by atoms with van der Waals surface area (Å²) in [6.45, 7) is 17.3. The molecule has 0 saturated carbocycles. The Morgan fingerprint density at radius 1 is 0.875 bits per heavy atom. The predicted molar refractivity (Wildman–Crippen MR) is 70.1 cm³/mol. The predicted octanol–water partition coefficient (Wildman–Crippen LogP) is 2.43. The van der Waals surface area contributed by atoms with Gasteiger partial charge in [-0.25, -0.2) is 0 Å². The fourth-order valence-electron chi connectivity index (χ4n) is 2.08. The Balaban J connectivity index is 2.53. The summed E-state index contributed by atoms with van der Waals surface area (Å²) in [6.07, 6.45) is 0. The number of hydrogen-bond acceptors (Lipinski definition) is 2. The van der Waals surface area contributed by atoms with Crippen molar-refractivity contribution in [2.24, 2.45) is 5.41 Å². The minimum absolute atomic E-state index is 0.0239. The Kier molecular flexibility index (Phi) is 3.68. The van der Waals surface area contributed by atoms with Gasteiger partial charge in [-0.15, -0.1) is 0 Å². The molecule has 0 spiro atoms. The highest BCUT2D eigenvalue weighted by Gasteiger charge is 2.29. The van der Waals surface area contributed by atoms with Crippen LogP contribution in [0.3, 0.4) is 0 Å². The summed E-state index contributed by atoms with van der Waals surface area (Å²) in [4.78, 5) is 4.72. The normalized spacial score (nSPS) is 20.0. The summed E-state index contributed by atoms with van der Waals surface area (Å²) in [5.74, 6) is 0.779. The Hall–Kier alpha value is -0.570. The van der Waals surface area contributed by atoms with E-state index >= 15 is 0 Å². The van der Waals surface area contributed by atoms with Gasteiger partial charge >= 0.3 is 0 Å². The first-order chi connectivity index (χ1) is 7.12. The third kappa shape index (κ3) is 3.21. The molecule has 3 heteroatoms. The summed E-state index contributed by atoms with van der Waals surface area (Å²) in [5, 5.41) is 8.16. The fourth-order valence-corrected chi connectivity index (χ4v) is 2.08. The van der Waals surface area contributed by atoms with Crippen LogP contribution in [0.5, 0.6) is 0 Å². The lowest BCUT2D eigenvalue weighted by molar-refractivity contribution is 0.0850. The summed E-state index contributed by atoms with van der Waals surface area (Å²) in [5.41, 5.74) is 0.236. The molecular formula is C13H27N3. The van der Waals surface area contributed by atoms with Gasteiger partial charge in [0.2, 0.25) is 0 Å². The van der Waals surface area contributed by atoms with E-state index in [0.29, 0.717) is 0 Å². The number of hydrogen-bond donors (Lipinski definition) is 1. The van der Waals surface area contributed by atoms with E-state index in [1.54, 1.807) is 0 Å². The molecule has 16 heavy (non-hydrogen) atoms. The molecular weight excluding hydrogens is 198 g/mol. The van der Waals surface area contributed by atoms with Crippen LogP contribution in [0.25, 0.3) is 0 Å². The van der Waals surface area contributed by atoms with Gasteiger partial charge in [0.25, 0.3) is 0 Å². The third-order valence-corrected chi connectivity index (χ3v) is 3.25. The fraction of sp³-hybridized carbons (Fsp3) is 0.923. The lowest BCUT2D eigenvalue weighted by Crippen LogP contribution is -2.56. The largest absolute Gasteiger partial charge is 0.358 e. The molecule has 0 atom stereocenters. The summed E-state index contributed by atoms with van der Waals surface area (Å²) < 4.78 is 0. The van der Waals surface area contributed by atoms with Crippen molar-refractivity contribution in [2.45, 2.75) is 47.1 Å². The average molecular weight is 225 g/mol. The number of piperazine rings is 1. The lowest BCUT2D eigenvalue weighted by atomic mass is 9.93. The number of amidine groups is 1. The Morgan fingerprint density at radius 2 is 1.31 bits per heavy atom. The quantitative estimate of drug-likeness (QED) is 0.507. The first-order valence-electron chi connectivity index (χ1n) is 6.21. The molecule has 0 radical (unpaired) electrons. The topological polar surface area (TPSA) is 30.3 Å². The van der Waals surface area contributed by atoms with E-state index in [-0.39, 0.29) is 11.0 Å². The number of nitrogens with one attached hydrogen (secondary N) is 1. The maximum absolute atomic E-state index is 8.16. The monoisotopic (exact) mass is 225 g/mol. The molecule has 0 aromatic carbocycles. The highest BCUT2D eigenvalue weighted by Crippen LogP contribution is 2.21. The van der Waals surface area contributed by atoms with Crippen molar-refractivity contribution in [2.75, 3.05) is 26.2 Å². The van der Waals surface area contributed by atoms with Crippen LogP contribution >= 0.6 is 0 Å². The second-order valence-electron chi connectivity index (χ2n) is 6.74. The van der Waals surface area contributed by atoms with Crippen LogP contribution in [-0.2, 0) is 0 Å². The maximum Gasteiger partial charge on any atom is 0.101 e. The molecule has 0 aromatic rings. The zero-order valence-electron chi connectivity index (χ0n) is 11.7. The second-order valence-corrected chi connectivity index (χ2v) is 6.74. The van der Waals surface area contributed by atoms with E-state index in [4.69, 9.17) is 5.41 Å². The second kappa shape index (κ2) is 4.36. The molecule has 0 aromatic heterocycles. The average Bonchev–Trinajstić information content (AvgIpc) is 2.14. The zero-order chi connectivity index (χ0) is 12.6. The summed E-state index contributed by atoms with van der Waals surface area (Å²) in [7, 11) is 0. The van der Waals surface area contributed by atoms with Gasteiger partial charge in [0.05, 0.1) is 0 Å². The molecule has 0 amide bonds. The standard InChI is InChI=1S/C13H27N3/c1-12(2,3)11(14)15-7-9-16(10-8-15)13(4,5)6/h14H,7-10H2,1-6H3. The molecule has 1 heterocycles. The van der Waals surface area contributed by atoms with Crippen molar-refractivity contribution in [3.63, 3.8) is 0 Å². The number of rotatable bonds is 0. The zero-order valence-corrected chi connectivity index (χ0v) is 11.7. The number of nitrogens with zero attached hydrogens (tertiary/aromatic N) is 2.